The Morgan fingerprint density at radius 1 is 1.21 bits per heavy atom. The molecule has 0 unspecified atom stereocenters. The van der Waals surface area contributed by atoms with Crippen molar-refractivity contribution in [2.24, 2.45) is 5.10 Å². The normalized spacial score (nSPS) is 11.1. The van der Waals surface area contributed by atoms with Crippen molar-refractivity contribution in [2.45, 2.75) is 13.8 Å². The van der Waals surface area contributed by atoms with E-state index < -0.39 is 5.91 Å². The number of carbonyl (C=O) groups excluding carboxylic acids is 1. The largest absolute Gasteiger partial charge is 0.482 e. The first kappa shape index (κ1) is 21.4. The van der Waals surface area contributed by atoms with E-state index in [1.165, 1.54) is 0 Å². The maximum atomic E-state index is 12.0. The lowest BCUT2D eigenvalue weighted by Gasteiger charge is -2.10. The van der Waals surface area contributed by atoms with Gasteiger partial charge >= 0.3 is 0 Å². The van der Waals surface area contributed by atoms with E-state index in [4.69, 9.17) is 27.9 Å². The number of nitrogens with one attached hydrogen (secondary N) is 1. The smallest absolute Gasteiger partial charge is 0.277 e. The standard InChI is InChI=1S/C21H18BrCl2N3O2/c1-13-8-15(14(2)27(13)18-5-3-4-16(22)9-18)11-25-26-21(28)12-29-20-7-6-17(23)10-19(20)24/h3-11H,12H2,1-2H3,(H,26,28)/b25-11-. The van der Waals surface area contributed by atoms with Gasteiger partial charge in [0.1, 0.15) is 5.75 Å². The molecule has 29 heavy (non-hydrogen) atoms. The number of hydrogen-bond donors (Lipinski definition) is 1. The summed E-state index contributed by atoms with van der Waals surface area (Å²) in [5, 5.41) is 4.87. The minimum Gasteiger partial charge on any atom is -0.482 e. The number of aromatic nitrogens is 1. The van der Waals surface area contributed by atoms with Gasteiger partial charge in [0.25, 0.3) is 5.91 Å². The molecular formula is C21H18BrCl2N3O2. The van der Waals surface area contributed by atoms with E-state index in [0.29, 0.717) is 15.8 Å². The van der Waals surface area contributed by atoms with Crippen LogP contribution in [0.3, 0.4) is 0 Å². The lowest BCUT2D eigenvalue weighted by atomic mass is 10.2. The van der Waals surface area contributed by atoms with Crippen LogP contribution in [0.1, 0.15) is 17.0 Å². The van der Waals surface area contributed by atoms with Gasteiger partial charge in [-0.15, -0.1) is 0 Å². The summed E-state index contributed by atoms with van der Waals surface area (Å²) in [6, 6.07) is 14.9. The zero-order valence-electron chi connectivity index (χ0n) is 15.7. The quantitative estimate of drug-likeness (QED) is 0.353. The van der Waals surface area contributed by atoms with Gasteiger partial charge in [0.2, 0.25) is 0 Å². The van der Waals surface area contributed by atoms with Gasteiger partial charge in [-0.2, -0.15) is 5.10 Å². The Kier molecular flexibility index (Phi) is 7.00. The molecule has 1 aromatic heterocycles. The van der Waals surface area contributed by atoms with Gasteiger partial charge in [-0.3, -0.25) is 4.79 Å². The monoisotopic (exact) mass is 493 g/mol. The molecule has 3 aromatic rings. The topological polar surface area (TPSA) is 55.6 Å². The first-order chi connectivity index (χ1) is 13.8. The third-order valence-electron chi connectivity index (χ3n) is 4.18. The van der Waals surface area contributed by atoms with Crippen molar-refractivity contribution in [2.75, 3.05) is 6.61 Å². The Bertz CT molecular complexity index is 1080. The summed E-state index contributed by atoms with van der Waals surface area (Å²) >= 11 is 15.4. The molecule has 0 atom stereocenters. The Morgan fingerprint density at radius 3 is 2.72 bits per heavy atom. The predicted octanol–water partition coefficient (Wildman–Crippen LogP) is 5.69. The maximum absolute atomic E-state index is 12.0. The molecule has 0 radical (unpaired) electrons. The van der Waals surface area contributed by atoms with Crippen LogP contribution in [0.5, 0.6) is 5.75 Å². The number of nitrogens with zero attached hydrogens (tertiary/aromatic N) is 2. The Balaban J connectivity index is 1.63. The third-order valence-corrected chi connectivity index (χ3v) is 5.21. The fourth-order valence-electron chi connectivity index (χ4n) is 2.87. The van der Waals surface area contributed by atoms with E-state index in [0.717, 1.165) is 27.1 Å². The number of carbonyl (C=O) groups is 1. The highest BCUT2D eigenvalue weighted by atomic mass is 79.9. The van der Waals surface area contributed by atoms with Gasteiger partial charge in [0.05, 0.1) is 11.2 Å². The van der Waals surface area contributed by atoms with E-state index >= 15 is 0 Å². The summed E-state index contributed by atoms with van der Waals surface area (Å²) in [5.41, 5.74) is 6.49. The van der Waals surface area contributed by atoms with Gasteiger partial charge in [0.15, 0.2) is 6.61 Å². The second-order valence-electron chi connectivity index (χ2n) is 6.30. The Hall–Kier alpha value is -2.28. The highest BCUT2D eigenvalue weighted by molar-refractivity contribution is 9.10. The van der Waals surface area contributed by atoms with Crippen LogP contribution in [-0.4, -0.2) is 23.3 Å². The van der Waals surface area contributed by atoms with Crippen LogP contribution in [0, 0.1) is 13.8 Å². The molecule has 1 heterocycles. The highest BCUT2D eigenvalue weighted by Crippen LogP contribution is 2.27. The van der Waals surface area contributed by atoms with Crippen LogP contribution in [0.2, 0.25) is 10.0 Å². The highest BCUT2D eigenvalue weighted by Gasteiger charge is 2.10. The summed E-state index contributed by atoms with van der Waals surface area (Å²) in [6.45, 7) is 3.81. The Morgan fingerprint density at radius 2 is 2.00 bits per heavy atom. The summed E-state index contributed by atoms with van der Waals surface area (Å²) in [7, 11) is 0. The third kappa shape index (κ3) is 5.41. The molecule has 0 saturated carbocycles. The van der Waals surface area contributed by atoms with Gasteiger partial charge in [-0.05, 0) is 56.3 Å². The van der Waals surface area contributed by atoms with Crippen LogP contribution in [-0.2, 0) is 4.79 Å². The molecule has 0 aliphatic carbocycles. The van der Waals surface area contributed by atoms with E-state index in [1.54, 1.807) is 24.4 Å². The second-order valence-corrected chi connectivity index (χ2v) is 8.06. The molecule has 0 spiro atoms. The van der Waals surface area contributed by atoms with Crippen molar-refractivity contribution in [3.8, 4) is 11.4 Å². The first-order valence-electron chi connectivity index (χ1n) is 8.70. The van der Waals surface area contributed by atoms with Crippen LogP contribution in [0.15, 0.2) is 58.1 Å². The molecule has 0 aliphatic heterocycles. The Labute approximate surface area is 187 Å². The molecule has 2 aromatic carbocycles. The van der Waals surface area contributed by atoms with Crippen LogP contribution in [0.4, 0.5) is 0 Å². The first-order valence-corrected chi connectivity index (χ1v) is 10.2. The van der Waals surface area contributed by atoms with Crippen LogP contribution < -0.4 is 10.2 Å². The van der Waals surface area contributed by atoms with Crippen molar-refractivity contribution in [1.29, 1.82) is 0 Å². The number of hydrazone groups is 1. The minimum atomic E-state index is -0.395. The summed E-state index contributed by atoms with van der Waals surface area (Å²) in [4.78, 5) is 12.0. The molecule has 5 nitrogen and oxygen atoms in total. The van der Waals surface area contributed by atoms with Crippen molar-refractivity contribution in [1.82, 2.24) is 9.99 Å². The zero-order chi connectivity index (χ0) is 21.0. The van der Waals surface area contributed by atoms with Crippen molar-refractivity contribution in [3.05, 3.63) is 80.0 Å². The maximum Gasteiger partial charge on any atom is 0.277 e. The predicted molar refractivity (Wildman–Crippen MR) is 121 cm³/mol. The SMILES string of the molecule is Cc1cc(/C=N\NC(=O)COc2ccc(Cl)cc2Cl)c(C)n1-c1cccc(Br)c1. The van der Waals surface area contributed by atoms with E-state index in [1.807, 2.05) is 44.2 Å². The molecule has 0 saturated heterocycles. The fraction of sp³-hybridized carbons (Fsp3) is 0.143. The average Bonchev–Trinajstić information content (AvgIpc) is 2.94. The molecule has 0 aliphatic rings. The number of benzene rings is 2. The molecule has 1 N–H and O–H groups in total. The average molecular weight is 495 g/mol. The summed E-state index contributed by atoms with van der Waals surface area (Å²) in [6.07, 6.45) is 1.62. The lowest BCUT2D eigenvalue weighted by Crippen LogP contribution is -2.24. The van der Waals surface area contributed by atoms with Crippen molar-refractivity contribution in [3.63, 3.8) is 0 Å². The van der Waals surface area contributed by atoms with Gasteiger partial charge in [-0.25, -0.2) is 5.43 Å². The van der Waals surface area contributed by atoms with Crippen LogP contribution in [0.25, 0.3) is 5.69 Å². The second kappa shape index (κ2) is 9.48. The van der Waals surface area contributed by atoms with E-state index in [2.05, 4.69) is 31.0 Å². The fourth-order valence-corrected chi connectivity index (χ4v) is 3.72. The number of ether oxygens (including phenoxy) is 1. The van der Waals surface area contributed by atoms with Gasteiger partial charge in [0, 0.05) is 32.1 Å². The van der Waals surface area contributed by atoms with Gasteiger partial charge < -0.3 is 9.30 Å². The molecule has 0 bridgehead atoms. The van der Waals surface area contributed by atoms with E-state index in [-0.39, 0.29) is 6.61 Å². The number of rotatable bonds is 6. The van der Waals surface area contributed by atoms with Gasteiger partial charge in [-0.1, -0.05) is 45.2 Å². The van der Waals surface area contributed by atoms with E-state index in [9.17, 15) is 4.79 Å². The number of hydrogen-bond acceptors (Lipinski definition) is 3. The number of amides is 1. The summed E-state index contributed by atoms with van der Waals surface area (Å²) < 4.78 is 8.52. The molecule has 0 fully saturated rings. The molecule has 150 valence electrons. The number of aryl methyl sites for hydroxylation is 1. The lowest BCUT2D eigenvalue weighted by molar-refractivity contribution is -0.123. The molecular weight excluding hydrogens is 477 g/mol. The molecule has 3 rings (SSSR count). The summed E-state index contributed by atoms with van der Waals surface area (Å²) in [5.74, 6) is -0.0131. The van der Waals surface area contributed by atoms with Crippen molar-refractivity contribution < 1.29 is 9.53 Å². The zero-order valence-corrected chi connectivity index (χ0v) is 18.8. The minimum absolute atomic E-state index is 0.213. The van der Waals surface area contributed by atoms with Crippen molar-refractivity contribution >= 4 is 51.3 Å². The molecule has 1 amide bonds. The van der Waals surface area contributed by atoms with Crippen LogP contribution >= 0.6 is 39.1 Å². The molecule has 8 heteroatoms. The number of halogens is 3.